The Morgan fingerprint density at radius 2 is 2.20 bits per heavy atom. The van der Waals surface area contributed by atoms with Crippen LogP contribution in [-0.2, 0) is 0 Å². The van der Waals surface area contributed by atoms with Crippen LogP contribution in [-0.4, -0.2) is 7.85 Å². The Kier molecular flexibility index (Phi) is 1.67. The smallest absolute Gasteiger partial charge is 0.0900 e. The molecule has 0 saturated heterocycles. The van der Waals surface area contributed by atoms with Gasteiger partial charge in [0.05, 0.1) is 13.9 Å². The molecule has 0 aromatic heterocycles. The number of rotatable bonds is 0. The summed E-state index contributed by atoms with van der Waals surface area (Å²) in [4.78, 5) is 0. The van der Waals surface area contributed by atoms with Crippen molar-refractivity contribution in [3.8, 4) is 6.07 Å². The normalized spacial score (nSPS) is 12.8. The average Bonchev–Trinajstić information content (AvgIpc) is 1.38. The molecule has 1 unspecified atom stereocenters. The van der Waals surface area contributed by atoms with Crippen LogP contribution in [0, 0.1) is 11.3 Å². The lowest BCUT2D eigenvalue weighted by Gasteiger charge is -1.75. The van der Waals surface area contributed by atoms with Crippen molar-refractivity contribution in [3.05, 3.63) is 0 Å². The second-order valence-corrected chi connectivity index (χ2v) is 0.918. The van der Waals surface area contributed by atoms with Crippen LogP contribution >= 0.6 is 0 Å². The van der Waals surface area contributed by atoms with Crippen LogP contribution in [0.2, 0.25) is 5.82 Å². The second kappa shape index (κ2) is 1.84. The SMILES string of the molecule is [B]C(C)C#N. The highest BCUT2D eigenvalue weighted by Gasteiger charge is 1.78. The maximum Gasteiger partial charge on any atom is 0.0900 e. The van der Waals surface area contributed by atoms with Gasteiger partial charge in [0, 0.05) is 5.82 Å². The molecule has 0 fully saturated rings. The minimum Gasteiger partial charge on any atom is -0.199 e. The van der Waals surface area contributed by atoms with E-state index in [9.17, 15) is 0 Å². The van der Waals surface area contributed by atoms with E-state index in [1.165, 1.54) is 0 Å². The minimum atomic E-state index is -0.310. The maximum atomic E-state index is 7.77. The molecule has 1 nitrogen and oxygen atoms in total. The molecule has 0 amide bonds. The minimum absolute atomic E-state index is 0.310. The molecule has 0 N–H and O–H groups in total. The monoisotopic (exact) mass is 65.0 g/mol. The first-order chi connectivity index (χ1) is 2.27. The van der Waals surface area contributed by atoms with E-state index in [0.717, 1.165) is 0 Å². The van der Waals surface area contributed by atoms with Crippen LogP contribution in [0.5, 0.6) is 0 Å². The molecule has 0 aromatic carbocycles. The van der Waals surface area contributed by atoms with Crippen molar-refractivity contribution >= 4 is 7.85 Å². The Bertz CT molecular complexity index is 52.4. The van der Waals surface area contributed by atoms with Gasteiger partial charge in [-0.05, 0) is 0 Å². The number of nitrogens with zero attached hydrogens (tertiary/aromatic N) is 1. The summed E-state index contributed by atoms with van der Waals surface area (Å²) in [5.41, 5.74) is 0. The van der Waals surface area contributed by atoms with Crippen molar-refractivity contribution in [3.63, 3.8) is 0 Å². The van der Waals surface area contributed by atoms with Gasteiger partial charge in [0.1, 0.15) is 0 Å². The topological polar surface area (TPSA) is 23.8 Å². The molecular formula is C3H4BN. The maximum absolute atomic E-state index is 7.77. The van der Waals surface area contributed by atoms with E-state index in [4.69, 9.17) is 13.1 Å². The summed E-state index contributed by atoms with van der Waals surface area (Å²) < 4.78 is 0. The van der Waals surface area contributed by atoms with E-state index in [1.807, 2.05) is 0 Å². The van der Waals surface area contributed by atoms with Gasteiger partial charge in [-0.25, -0.2) is 0 Å². The lowest BCUT2D eigenvalue weighted by atomic mass is 9.92. The molecule has 0 aromatic rings. The summed E-state index contributed by atoms with van der Waals surface area (Å²) in [6.45, 7) is 1.64. The summed E-state index contributed by atoms with van der Waals surface area (Å²) in [7, 11) is 4.93. The lowest BCUT2D eigenvalue weighted by Crippen LogP contribution is -1.72. The molecule has 0 aliphatic rings. The van der Waals surface area contributed by atoms with Gasteiger partial charge in [-0.1, -0.05) is 6.92 Å². The zero-order chi connectivity index (χ0) is 4.28. The molecular weight excluding hydrogens is 60.9 g/mol. The second-order valence-electron chi connectivity index (χ2n) is 0.918. The van der Waals surface area contributed by atoms with Gasteiger partial charge in [0.15, 0.2) is 0 Å². The third kappa shape index (κ3) is 3.55. The molecule has 24 valence electrons. The largest absolute Gasteiger partial charge is 0.199 e. The Balaban J connectivity index is 2.94. The van der Waals surface area contributed by atoms with E-state index in [-0.39, 0.29) is 5.82 Å². The van der Waals surface area contributed by atoms with Gasteiger partial charge >= 0.3 is 0 Å². The van der Waals surface area contributed by atoms with Gasteiger partial charge in [-0.2, -0.15) is 5.26 Å². The molecule has 0 aliphatic carbocycles. The summed E-state index contributed by atoms with van der Waals surface area (Å²) in [5.74, 6) is -0.310. The van der Waals surface area contributed by atoms with Gasteiger partial charge in [0.2, 0.25) is 0 Å². The fourth-order valence-electron chi connectivity index (χ4n) is 0. The van der Waals surface area contributed by atoms with Crippen molar-refractivity contribution in [2.45, 2.75) is 12.7 Å². The van der Waals surface area contributed by atoms with Crippen LogP contribution in [0.1, 0.15) is 6.92 Å². The predicted octanol–water partition coefficient (Wildman–Crippen LogP) is 0.487. The molecule has 5 heavy (non-hydrogen) atoms. The highest BCUT2D eigenvalue weighted by molar-refractivity contribution is 6.13. The molecule has 1 atom stereocenters. The Labute approximate surface area is 33.0 Å². The van der Waals surface area contributed by atoms with E-state index in [0.29, 0.717) is 0 Å². The molecule has 0 saturated carbocycles. The van der Waals surface area contributed by atoms with Crippen LogP contribution in [0.3, 0.4) is 0 Å². The fraction of sp³-hybridized carbons (Fsp3) is 0.667. The third-order valence-corrected chi connectivity index (χ3v) is 0.204. The Morgan fingerprint density at radius 3 is 2.20 bits per heavy atom. The van der Waals surface area contributed by atoms with E-state index < -0.39 is 0 Å². The molecule has 2 heteroatoms. The van der Waals surface area contributed by atoms with Crippen molar-refractivity contribution in [2.24, 2.45) is 0 Å². The van der Waals surface area contributed by atoms with Gasteiger partial charge in [-0.15, -0.1) is 0 Å². The van der Waals surface area contributed by atoms with Crippen LogP contribution in [0.15, 0.2) is 0 Å². The summed E-state index contributed by atoms with van der Waals surface area (Å²) in [6.07, 6.45) is 0. The first-order valence-corrected chi connectivity index (χ1v) is 1.42. The Morgan fingerprint density at radius 1 is 2.00 bits per heavy atom. The number of hydrogen-bond acceptors (Lipinski definition) is 1. The van der Waals surface area contributed by atoms with E-state index in [1.54, 1.807) is 13.0 Å². The van der Waals surface area contributed by atoms with Crippen LogP contribution in [0.25, 0.3) is 0 Å². The molecule has 0 rings (SSSR count). The zero-order valence-corrected chi connectivity index (χ0v) is 3.10. The first kappa shape index (κ1) is 4.55. The summed E-state index contributed by atoms with van der Waals surface area (Å²) in [5, 5.41) is 7.77. The average molecular weight is 64.9 g/mol. The van der Waals surface area contributed by atoms with Crippen molar-refractivity contribution in [1.82, 2.24) is 0 Å². The predicted molar refractivity (Wildman–Crippen MR) is 20.8 cm³/mol. The van der Waals surface area contributed by atoms with Gasteiger partial charge in [0.25, 0.3) is 0 Å². The molecule has 2 radical (unpaired) electrons. The number of nitriles is 1. The van der Waals surface area contributed by atoms with Crippen LogP contribution < -0.4 is 0 Å². The van der Waals surface area contributed by atoms with E-state index >= 15 is 0 Å². The molecule has 0 heterocycles. The fourth-order valence-corrected chi connectivity index (χ4v) is 0. The van der Waals surface area contributed by atoms with E-state index in [2.05, 4.69) is 0 Å². The highest BCUT2D eigenvalue weighted by atomic mass is 14.2. The van der Waals surface area contributed by atoms with Crippen molar-refractivity contribution < 1.29 is 0 Å². The quantitative estimate of drug-likeness (QED) is 0.376. The van der Waals surface area contributed by atoms with Gasteiger partial charge in [-0.3, -0.25) is 0 Å². The highest BCUT2D eigenvalue weighted by Crippen LogP contribution is 1.85. The van der Waals surface area contributed by atoms with Gasteiger partial charge < -0.3 is 0 Å². The molecule has 0 spiro atoms. The first-order valence-electron chi connectivity index (χ1n) is 1.42. The molecule has 0 bridgehead atoms. The molecule has 0 aliphatic heterocycles. The summed E-state index contributed by atoms with van der Waals surface area (Å²) >= 11 is 0. The van der Waals surface area contributed by atoms with Crippen LogP contribution in [0.4, 0.5) is 0 Å². The standard InChI is InChI=1S/C3H4BN/c1-3(4)2-5/h3H,1H3. The lowest BCUT2D eigenvalue weighted by molar-refractivity contribution is 1.21. The Hall–Kier alpha value is -0.445. The van der Waals surface area contributed by atoms with Crippen molar-refractivity contribution in [2.75, 3.05) is 0 Å². The summed E-state index contributed by atoms with van der Waals surface area (Å²) in [6, 6.07) is 1.81. The number of hydrogen-bond donors (Lipinski definition) is 0. The third-order valence-electron chi connectivity index (χ3n) is 0.204. The zero-order valence-electron chi connectivity index (χ0n) is 3.10. The van der Waals surface area contributed by atoms with Crippen molar-refractivity contribution in [1.29, 1.82) is 5.26 Å².